The third-order valence-corrected chi connectivity index (χ3v) is 7.19. The summed E-state index contributed by atoms with van der Waals surface area (Å²) in [4.78, 5) is 27.7. The fourth-order valence-corrected chi connectivity index (χ4v) is 5.09. The molecule has 0 unspecified atom stereocenters. The number of benzene rings is 2. The van der Waals surface area contributed by atoms with Crippen LogP contribution < -0.4 is 10.1 Å². The van der Waals surface area contributed by atoms with Gasteiger partial charge in [-0.1, -0.05) is 17.7 Å². The van der Waals surface area contributed by atoms with E-state index in [-0.39, 0.29) is 29.8 Å². The molecule has 1 aliphatic heterocycles. The van der Waals surface area contributed by atoms with E-state index in [1.807, 2.05) is 19.1 Å². The van der Waals surface area contributed by atoms with Crippen molar-refractivity contribution in [3.05, 3.63) is 58.9 Å². The number of anilines is 1. The number of carbonyl (C=O) groups excluding carboxylic acids is 1. The number of nitrogens with zero attached hydrogens (tertiary/aromatic N) is 2. The molecule has 2 aliphatic rings. The molecule has 1 aliphatic carbocycles. The van der Waals surface area contributed by atoms with E-state index in [2.05, 4.69) is 10.2 Å². The summed E-state index contributed by atoms with van der Waals surface area (Å²) < 4.78 is 19.0. The maximum Gasteiger partial charge on any atom is 0.407 e. The minimum Gasteiger partial charge on any atom is -0.490 e. The lowest BCUT2D eigenvalue weighted by Crippen LogP contribution is -2.53. The van der Waals surface area contributed by atoms with Crippen LogP contribution in [-0.4, -0.2) is 58.7 Å². The van der Waals surface area contributed by atoms with Crippen molar-refractivity contribution in [1.29, 1.82) is 0 Å². The molecule has 188 valence electrons. The Balaban J connectivity index is 1.25. The van der Waals surface area contributed by atoms with Gasteiger partial charge < -0.3 is 20.1 Å². The van der Waals surface area contributed by atoms with E-state index in [1.54, 1.807) is 18.2 Å². The number of amides is 2. The van der Waals surface area contributed by atoms with Crippen molar-refractivity contribution in [3.63, 3.8) is 0 Å². The molecule has 1 atom stereocenters. The summed E-state index contributed by atoms with van der Waals surface area (Å²) in [7, 11) is 0. The van der Waals surface area contributed by atoms with E-state index in [0.29, 0.717) is 42.6 Å². The number of rotatable bonds is 6. The zero-order valence-electron chi connectivity index (χ0n) is 19.8. The first-order valence-corrected chi connectivity index (χ1v) is 12.4. The molecule has 7 nitrogen and oxygen atoms in total. The highest BCUT2D eigenvalue weighted by Crippen LogP contribution is 2.30. The molecular formula is C26H31ClFN3O4. The first-order valence-electron chi connectivity index (χ1n) is 12.0. The van der Waals surface area contributed by atoms with Crippen LogP contribution in [0.4, 0.5) is 14.9 Å². The number of carbonyl (C=O) groups is 2. The minimum absolute atomic E-state index is 0.0207. The fraction of sp³-hybridized carbons (Fsp3) is 0.462. The van der Waals surface area contributed by atoms with E-state index in [1.165, 1.54) is 17.0 Å². The van der Waals surface area contributed by atoms with Crippen LogP contribution in [0.15, 0.2) is 42.5 Å². The number of carboxylic acid groups (broad SMARTS) is 1. The number of ether oxygens (including phenoxy) is 1. The topological polar surface area (TPSA) is 82.1 Å². The van der Waals surface area contributed by atoms with Crippen molar-refractivity contribution < 1.29 is 23.8 Å². The summed E-state index contributed by atoms with van der Waals surface area (Å²) in [6.45, 7) is 4.30. The van der Waals surface area contributed by atoms with Gasteiger partial charge in [0.2, 0.25) is 5.91 Å². The van der Waals surface area contributed by atoms with Crippen molar-refractivity contribution in [2.24, 2.45) is 5.92 Å². The Morgan fingerprint density at radius 1 is 1.11 bits per heavy atom. The SMILES string of the molecule is C[C@H]1CN(Cc2ccc(NC(=O)C3CCC(Oc4ccc(F)cc4)CC3)cc2Cl)CCN1C(=O)O. The number of hydrogen-bond donors (Lipinski definition) is 2. The molecule has 2 fully saturated rings. The predicted octanol–water partition coefficient (Wildman–Crippen LogP) is 5.24. The molecule has 2 N–H and O–H groups in total. The van der Waals surface area contributed by atoms with Crippen molar-refractivity contribution in [2.45, 2.75) is 51.3 Å². The highest BCUT2D eigenvalue weighted by Gasteiger charge is 2.29. The van der Waals surface area contributed by atoms with E-state index >= 15 is 0 Å². The summed E-state index contributed by atoms with van der Waals surface area (Å²) in [5.41, 5.74) is 1.61. The van der Waals surface area contributed by atoms with Crippen LogP contribution >= 0.6 is 11.6 Å². The summed E-state index contributed by atoms with van der Waals surface area (Å²) in [6, 6.07) is 11.5. The van der Waals surface area contributed by atoms with Gasteiger partial charge in [-0.3, -0.25) is 9.69 Å². The quantitative estimate of drug-likeness (QED) is 0.563. The van der Waals surface area contributed by atoms with E-state index in [4.69, 9.17) is 16.3 Å². The largest absolute Gasteiger partial charge is 0.490 e. The van der Waals surface area contributed by atoms with Gasteiger partial charge >= 0.3 is 6.09 Å². The Labute approximate surface area is 209 Å². The van der Waals surface area contributed by atoms with Crippen LogP contribution in [0.1, 0.15) is 38.2 Å². The number of hydrogen-bond acceptors (Lipinski definition) is 4. The molecule has 2 amide bonds. The maximum absolute atomic E-state index is 13.1. The number of nitrogens with one attached hydrogen (secondary N) is 1. The third-order valence-electron chi connectivity index (χ3n) is 6.83. The second kappa shape index (κ2) is 11.3. The Hall–Kier alpha value is -2.84. The summed E-state index contributed by atoms with van der Waals surface area (Å²) in [5.74, 6) is 0.243. The highest BCUT2D eigenvalue weighted by atomic mass is 35.5. The van der Waals surface area contributed by atoms with Crippen LogP contribution in [0, 0.1) is 11.7 Å². The maximum atomic E-state index is 13.1. The Morgan fingerprint density at radius 3 is 2.46 bits per heavy atom. The first kappa shape index (κ1) is 25.3. The van der Waals surface area contributed by atoms with Crippen molar-refractivity contribution >= 4 is 29.3 Å². The molecule has 1 heterocycles. The molecule has 1 saturated carbocycles. The second-order valence-corrected chi connectivity index (χ2v) is 9.81. The van der Waals surface area contributed by atoms with Crippen molar-refractivity contribution in [1.82, 2.24) is 9.80 Å². The van der Waals surface area contributed by atoms with Gasteiger partial charge in [0.05, 0.1) is 6.10 Å². The van der Waals surface area contributed by atoms with Crippen LogP contribution in [-0.2, 0) is 11.3 Å². The molecular weight excluding hydrogens is 473 g/mol. The van der Waals surface area contributed by atoms with Crippen molar-refractivity contribution in [3.8, 4) is 5.75 Å². The predicted molar refractivity (Wildman–Crippen MR) is 132 cm³/mol. The molecule has 35 heavy (non-hydrogen) atoms. The van der Waals surface area contributed by atoms with Crippen LogP contribution in [0.25, 0.3) is 0 Å². The Kier molecular flexibility index (Phi) is 8.13. The van der Waals surface area contributed by atoms with Crippen molar-refractivity contribution in [2.75, 3.05) is 25.0 Å². The highest BCUT2D eigenvalue weighted by molar-refractivity contribution is 6.31. The van der Waals surface area contributed by atoms with Gasteiger partial charge in [-0.2, -0.15) is 0 Å². The molecule has 2 aromatic rings. The summed E-state index contributed by atoms with van der Waals surface area (Å²) in [6.07, 6.45) is 2.13. The van der Waals surface area contributed by atoms with Crippen LogP contribution in [0.2, 0.25) is 5.02 Å². The Bertz CT molecular complexity index is 1040. The first-order chi connectivity index (χ1) is 16.8. The lowest BCUT2D eigenvalue weighted by atomic mass is 9.86. The molecule has 9 heteroatoms. The summed E-state index contributed by atoms with van der Waals surface area (Å²) in [5, 5.41) is 12.8. The normalized spacial score (nSPS) is 23.1. The molecule has 0 aromatic heterocycles. The van der Waals surface area contributed by atoms with Gasteiger partial charge in [0, 0.05) is 48.8 Å². The Morgan fingerprint density at radius 2 is 1.83 bits per heavy atom. The van der Waals surface area contributed by atoms with Gasteiger partial charge in [0.25, 0.3) is 0 Å². The average Bonchev–Trinajstić information content (AvgIpc) is 2.82. The van der Waals surface area contributed by atoms with Gasteiger partial charge in [-0.15, -0.1) is 0 Å². The minimum atomic E-state index is -0.885. The van der Waals surface area contributed by atoms with Crippen LogP contribution in [0.5, 0.6) is 5.75 Å². The fourth-order valence-electron chi connectivity index (χ4n) is 4.85. The van der Waals surface area contributed by atoms with E-state index in [9.17, 15) is 19.1 Å². The lowest BCUT2D eigenvalue weighted by molar-refractivity contribution is -0.121. The molecule has 2 aromatic carbocycles. The zero-order chi connectivity index (χ0) is 24.9. The molecule has 0 radical (unpaired) electrons. The second-order valence-electron chi connectivity index (χ2n) is 9.40. The van der Waals surface area contributed by atoms with Gasteiger partial charge in [0.15, 0.2) is 0 Å². The van der Waals surface area contributed by atoms with E-state index in [0.717, 1.165) is 31.2 Å². The average molecular weight is 504 g/mol. The van der Waals surface area contributed by atoms with Gasteiger partial charge in [-0.05, 0) is 74.6 Å². The standard InChI is InChI=1S/C26H31ClFN3O4/c1-17-15-30(12-13-31(17)26(33)34)16-19-2-7-21(14-24(19)27)29-25(32)18-3-8-22(9-4-18)35-23-10-5-20(28)6-11-23/h2,5-7,10-11,14,17-18,22H,3-4,8-9,12-13,15-16H2,1H3,(H,29,32)(H,33,34)/t17-,18?,22?/m0/s1. The smallest absolute Gasteiger partial charge is 0.407 e. The van der Waals surface area contributed by atoms with Gasteiger partial charge in [0.1, 0.15) is 11.6 Å². The number of piperazine rings is 1. The molecule has 0 spiro atoms. The molecule has 0 bridgehead atoms. The third kappa shape index (κ3) is 6.64. The zero-order valence-corrected chi connectivity index (χ0v) is 20.5. The molecule has 4 rings (SSSR count). The van der Waals surface area contributed by atoms with E-state index < -0.39 is 6.09 Å². The monoisotopic (exact) mass is 503 g/mol. The number of halogens is 2. The summed E-state index contributed by atoms with van der Waals surface area (Å²) >= 11 is 6.52. The van der Waals surface area contributed by atoms with Gasteiger partial charge in [-0.25, -0.2) is 9.18 Å². The lowest BCUT2D eigenvalue weighted by Gasteiger charge is -2.38. The molecule has 1 saturated heterocycles. The van der Waals surface area contributed by atoms with Crippen LogP contribution in [0.3, 0.4) is 0 Å².